The number of rotatable bonds is 11. The van der Waals surface area contributed by atoms with Crippen LogP contribution in [0.15, 0.2) is 23.1 Å². The zero-order valence-corrected chi connectivity index (χ0v) is 22.3. The Morgan fingerprint density at radius 3 is 2.49 bits per heavy atom. The van der Waals surface area contributed by atoms with Gasteiger partial charge in [0.15, 0.2) is 15.7 Å². The molecule has 35 heavy (non-hydrogen) atoms. The highest BCUT2D eigenvalue weighted by Crippen LogP contribution is 2.27. The molecule has 1 aromatic carbocycles. The van der Waals surface area contributed by atoms with Crippen LogP contribution in [0.1, 0.15) is 72.5 Å². The minimum Gasteiger partial charge on any atom is -0.382 e. The SMILES string of the molecule is CCCCc1cc(S(=O)(=O)CCCn2c(CCC)nc3c(N)nc(C)c(C)c32)ccc1C(=O)NC. The first-order valence-corrected chi connectivity index (χ1v) is 14.0. The van der Waals surface area contributed by atoms with Crippen molar-refractivity contribution in [2.75, 3.05) is 18.5 Å². The van der Waals surface area contributed by atoms with Gasteiger partial charge in [-0.25, -0.2) is 18.4 Å². The van der Waals surface area contributed by atoms with Crippen molar-refractivity contribution in [3.63, 3.8) is 0 Å². The number of hydrogen-bond acceptors (Lipinski definition) is 6. The smallest absolute Gasteiger partial charge is 0.251 e. The lowest BCUT2D eigenvalue weighted by atomic mass is 10.0. The number of nitrogens with zero attached hydrogens (tertiary/aromatic N) is 3. The van der Waals surface area contributed by atoms with Gasteiger partial charge in [0.25, 0.3) is 5.91 Å². The van der Waals surface area contributed by atoms with Gasteiger partial charge in [0.2, 0.25) is 0 Å². The van der Waals surface area contributed by atoms with E-state index in [0.717, 1.165) is 53.8 Å². The Morgan fingerprint density at radius 1 is 1.09 bits per heavy atom. The standard InChI is InChI=1S/C26H37N5O3S/c1-6-8-11-19-16-20(12-13-21(19)26(32)28-5)35(33,34)15-9-14-31-22(10-7-2)30-23-24(31)17(3)18(4)29-25(23)27/h12-13,16H,6-11,14-15H2,1-5H3,(H2,27,29)(H,28,32). The molecule has 3 rings (SSSR count). The van der Waals surface area contributed by atoms with Crippen LogP contribution >= 0.6 is 0 Å². The van der Waals surface area contributed by atoms with Crippen LogP contribution in [0.2, 0.25) is 0 Å². The first-order valence-electron chi connectivity index (χ1n) is 12.3. The Balaban J connectivity index is 1.88. The van der Waals surface area contributed by atoms with Crippen molar-refractivity contribution in [3.05, 3.63) is 46.4 Å². The van der Waals surface area contributed by atoms with Crippen molar-refractivity contribution in [2.24, 2.45) is 0 Å². The third-order valence-corrected chi connectivity index (χ3v) is 8.25. The number of carbonyl (C=O) groups excluding carboxylic acids is 1. The number of anilines is 1. The predicted octanol–water partition coefficient (Wildman–Crippen LogP) is 4.15. The summed E-state index contributed by atoms with van der Waals surface area (Å²) in [5.74, 6) is 1.11. The van der Waals surface area contributed by atoms with Gasteiger partial charge in [0.05, 0.1) is 16.2 Å². The number of pyridine rings is 1. The largest absolute Gasteiger partial charge is 0.382 e. The third kappa shape index (κ3) is 5.66. The topological polar surface area (TPSA) is 120 Å². The molecule has 190 valence electrons. The number of benzene rings is 1. The predicted molar refractivity (Wildman–Crippen MR) is 141 cm³/mol. The molecule has 0 unspecified atom stereocenters. The number of sulfone groups is 1. The number of carbonyl (C=O) groups is 1. The lowest BCUT2D eigenvalue weighted by Crippen LogP contribution is -2.20. The number of fused-ring (bicyclic) bond motifs is 1. The molecule has 0 radical (unpaired) electrons. The number of unbranched alkanes of at least 4 members (excludes halogenated alkanes) is 1. The maximum absolute atomic E-state index is 13.2. The molecular weight excluding hydrogens is 462 g/mol. The Bertz CT molecular complexity index is 1330. The molecule has 0 bridgehead atoms. The number of hydrogen-bond donors (Lipinski definition) is 2. The monoisotopic (exact) mass is 499 g/mol. The normalized spacial score (nSPS) is 11.8. The number of amides is 1. The van der Waals surface area contributed by atoms with Crippen LogP contribution < -0.4 is 11.1 Å². The molecule has 0 aliphatic heterocycles. The van der Waals surface area contributed by atoms with Gasteiger partial charge in [-0.15, -0.1) is 0 Å². The number of nitrogens with two attached hydrogens (primary N) is 1. The summed E-state index contributed by atoms with van der Waals surface area (Å²) in [7, 11) is -1.94. The summed E-state index contributed by atoms with van der Waals surface area (Å²) < 4.78 is 28.6. The molecule has 9 heteroatoms. The van der Waals surface area contributed by atoms with E-state index < -0.39 is 9.84 Å². The average Bonchev–Trinajstić information content (AvgIpc) is 3.19. The van der Waals surface area contributed by atoms with Crippen LogP contribution in [-0.4, -0.2) is 41.7 Å². The summed E-state index contributed by atoms with van der Waals surface area (Å²) >= 11 is 0. The van der Waals surface area contributed by atoms with E-state index in [4.69, 9.17) is 10.7 Å². The van der Waals surface area contributed by atoms with E-state index >= 15 is 0 Å². The van der Waals surface area contributed by atoms with Crippen LogP contribution in [0.3, 0.4) is 0 Å². The summed E-state index contributed by atoms with van der Waals surface area (Å²) in [5, 5.41) is 2.64. The van der Waals surface area contributed by atoms with Crippen molar-refractivity contribution in [3.8, 4) is 0 Å². The quantitative estimate of drug-likeness (QED) is 0.409. The molecule has 0 atom stereocenters. The van der Waals surface area contributed by atoms with E-state index in [2.05, 4.69) is 28.7 Å². The van der Waals surface area contributed by atoms with Gasteiger partial charge in [-0.05, 0) is 68.9 Å². The van der Waals surface area contributed by atoms with Crippen molar-refractivity contribution >= 4 is 32.6 Å². The molecule has 0 saturated carbocycles. The molecule has 2 heterocycles. The molecule has 8 nitrogen and oxygen atoms in total. The van der Waals surface area contributed by atoms with Crippen molar-refractivity contribution < 1.29 is 13.2 Å². The second-order valence-electron chi connectivity index (χ2n) is 9.01. The van der Waals surface area contributed by atoms with Crippen LogP contribution in [0.4, 0.5) is 5.82 Å². The van der Waals surface area contributed by atoms with E-state index in [1.54, 1.807) is 25.2 Å². The first-order chi connectivity index (χ1) is 16.6. The zero-order valence-electron chi connectivity index (χ0n) is 21.4. The average molecular weight is 500 g/mol. The van der Waals surface area contributed by atoms with Gasteiger partial charge in [-0.2, -0.15) is 0 Å². The maximum Gasteiger partial charge on any atom is 0.251 e. The highest BCUT2D eigenvalue weighted by atomic mass is 32.2. The van der Waals surface area contributed by atoms with Gasteiger partial charge in [0, 0.05) is 31.3 Å². The fraction of sp³-hybridized carbons (Fsp3) is 0.500. The van der Waals surface area contributed by atoms with Gasteiger partial charge in [0.1, 0.15) is 11.3 Å². The molecule has 0 spiro atoms. The van der Waals surface area contributed by atoms with Crippen LogP contribution in [0.5, 0.6) is 0 Å². The van der Waals surface area contributed by atoms with Crippen molar-refractivity contribution in [2.45, 2.75) is 77.7 Å². The molecule has 0 aliphatic carbocycles. The maximum atomic E-state index is 13.2. The molecular formula is C26H37N5O3S. The molecule has 0 saturated heterocycles. The summed E-state index contributed by atoms with van der Waals surface area (Å²) in [6, 6.07) is 4.84. The minimum absolute atomic E-state index is 0.00335. The summed E-state index contributed by atoms with van der Waals surface area (Å²) in [6.07, 6.45) is 4.65. The van der Waals surface area contributed by atoms with E-state index in [1.165, 1.54) is 0 Å². The van der Waals surface area contributed by atoms with E-state index in [0.29, 0.717) is 36.3 Å². The summed E-state index contributed by atoms with van der Waals surface area (Å²) in [6.45, 7) is 8.60. The van der Waals surface area contributed by atoms with Crippen LogP contribution in [0, 0.1) is 13.8 Å². The lowest BCUT2D eigenvalue weighted by molar-refractivity contribution is 0.0962. The number of imidazole rings is 1. The Hall–Kier alpha value is -2.94. The van der Waals surface area contributed by atoms with Crippen LogP contribution in [-0.2, 0) is 29.2 Å². The first kappa shape index (κ1) is 26.7. The molecule has 0 fully saturated rings. The van der Waals surface area contributed by atoms with Gasteiger partial charge in [-0.3, -0.25) is 4.79 Å². The van der Waals surface area contributed by atoms with Gasteiger partial charge in [-0.1, -0.05) is 20.3 Å². The van der Waals surface area contributed by atoms with Gasteiger partial charge < -0.3 is 15.6 Å². The number of nitrogens with one attached hydrogen (secondary N) is 1. The summed E-state index contributed by atoms with van der Waals surface area (Å²) in [5.41, 5.74) is 10.9. The Kier molecular flexibility index (Phi) is 8.53. The number of nitrogen functional groups attached to an aromatic ring is 1. The summed E-state index contributed by atoms with van der Waals surface area (Å²) in [4.78, 5) is 21.7. The second-order valence-corrected chi connectivity index (χ2v) is 11.1. The fourth-order valence-corrected chi connectivity index (χ4v) is 5.77. The molecule has 1 amide bonds. The van der Waals surface area contributed by atoms with Gasteiger partial charge >= 0.3 is 0 Å². The lowest BCUT2D eigenvalue weighted by Gasteiger charge is -2.13. The van der Waals surface area contributed by atoms with E-state index in [9.17, 15) is 13.2 Å². The zero-order chi connectivity index (χ0) is 25.8. The van der Waals surface area contributed by atoms with E-state index in [1.807, 2.05) is 13.8 Å². The number of aromatic nitrogens is 3. The Morgan fingerprint density at radius 2 is 1.83 bits per heavy atom. The number of aryl methyl sites for hydroxylation is 5. The highest BCUT2D eigenvalue weighted by Gasteiger charge is 2.21. The third-order valence-electron chi connectivity index (χ3n) is 6.45. The second kappa shape index (κ2) is 11.2. The minimum atomic E-state index is -3.52. The molecule has 2 aromatic heterocycles. The van der Waals surface area contributed by atoms with Crippen molar-refractivity contribution in [1.82, 2.24) is 19.9 Å². The highest BCUT2D eigenvalue weighted by molar-refractivity contribution is 7.91. The van der Waals surface area contributed by atoms with Crippen molar-refractivity contribution in [1.29, 1.82) is 0 Å². The Labute approximate surface area is 208 Å². The van der Waals surface area contributed by atoms with E-state index in [-0.39, 0.29) is 16.6 Å². The van der Waals surface area contributed by atoms with Crippen LogP contribution in [0.25, 0.3) is 11.0 Å². The molecule has 3 aromatic rings. The fourth-order valence-electron chi connectivity index (χ4n) is 4.43. The molecule has 0 aliphatic rings. The molecule has 3 N–H and O–H groups in total.